The van der Waals surface area contributed by atoms with E-state index in [1.807, 2.05) is 10.1 Å². The van der Waals surface area contributed by atoms with Crippen molar-refractivity contribution in [2.45, 2.75) is 31.8 Å². The molecule has 2 aromatic heterocycles. The van der Waals surface area contributed by atoms with Crippen LogP contribution in [0.3, 0.4) is 0 Å². The van der Waals surface area contributed by atoms with E-state index < -0.39 is 0 Å². The van der Waals surface area contributed by atoms with Crippen LogP contribution in [0, 0.1) is 11.3 Å². The summed E-state index contributed by atoms with van der Waals surface area (Å²) in [5.41, 5.74) is 0.522. The quantitative estimate of drug-likeness (QED) is 0.871. The Morgan fingerprint density at radius 2 is 2.48 bits per heavy atom. The van der Waals surface area contributed by atoms with Crippen LogP contribution in [0.2, 0.25) is 0 Å². The Morgan fingerprint density at radius 3 is 3.26 bits per heavy atom. The maximum absolute atomic E-state index is 12.1. The number of amides is 1. The minimum Gasteiger partial charge on any atom is -0.317 e. The third-order valence-corrected chi connectivity index (χ3v) is 4.86. The van der Waals surface area contributed by atoms with Gasteiger partial charge in [-0.1, -0.05) is 0 Å². The number of nitrogens with one attached hydrogen (secondary N) is 1. The summed E-state index contributed by atoms with van der Waals surface area (Å²) in [5.74, 6) is -0.0460. The number of thiophene rings is 1. The van der Waals surface area contributed by atoms with Crippen molar-refractivity contribution in [1.29, 1.82) is 5.26 Å². The molecule has 1 fully saturated rings. The summed E-state index contributed by atoms with van der Waals surface area (Å²) >= 11 is 1.38. The van der Waals surface area contributed by atoms with Crippen LogP contribution < -0.4 is 5.32 Å². The van der Waals surface area contributed by atoms with E-state index in [1.165, 1.54) is 11.3 Å². The van der Waals surface area contributed by atoms with Gasteiger partial charge in [-0.25, -0.2) is 4.98 Å². The van der Waals surface area contributed by atoms with E-state index in [2.05, 4.69) is 26.4 Å². The van der Waals surface area contributed by atoms with Gasteiger partial charge in [-0.2, -0.15) is 10.4 Å². The summed E-state index contributed by atoms with van der Waals surface area (Å²) in [4.78, 5) is 18.4. The third-order valence-electron chi connectivity index (χ3n) is 4.03. The lowest BCUT2D eigenvalue weighted by atomic mass is 10.2. The number of carbonyl (C=O) groups excluding carboxylic acids is 1. The molecule has 0 bridgehead atoms. The zero-order valence-electron chi connectivity index (χ0n) is 12.7. The van der Waals surface area contributed by atoms with Gasteiger partial charge in [-0.05, 0) is 30.8 Å². The molecule has 1 aliphatic heterocycles. The van der Waals surface area contributed by atoms with Crippen molar-refractivity contribution < 1.29 is 4.79 Å². The Labute approximate surface area is 138 Å². The number of hydrogen-bond acceptors (Lipinski definition) is 6. The van der Waals surface area contributed by atoms with Crippen molar-refractivity contribution in [2.24, 2.45) is 0 Å². The highest BCUT2D eigenvalue weighted by Gasteiger charge is 2.25. The molecule has 120 valence electrons. The Morgan fingerprint density at radius 1 is 1.57 bits per heavy atom. The highest BCUT2D eigenvalue weighted by Crippen LogP contribution is 2.23. The van der Waals surface area contributed by atoms with Crippen LogP contribution in [0.25, 0.3) is 0 Å². The summed E-state index contributed by atoms with van der Waals surface area (Å²) in [7, 11) is 0. The van der Waals surface area contributed by atoms with E-state index in [1.54, 1.807) is 18.7 Å². The first-order valence-corrected chi connectivity index (χ1v) is 8.48. The summed E-state index contributed by atoms with van der Waals surface area (Å²) in [6.45, 7) is 2.54. The summed E-state index contributed by atoms with van der Waals surface area (Å²) in [5, 5.41) is 18.4. The second-order valence-corrected chi connectivity index (χ2v) is 6.44. The van der Waals surface area contributed by atoms with Crippen LogP contribution in [0.1, 0.15) is 24.8 Å². The minimum absolute atomic E-state index is 0.0460. The molecule has 7 nitrogen and oxygen atoms in total. The van der Waals surface area contributed by atoms with Crippen molar-refractivity contribution in [1.82, 2.24) is 19.7 Å². The largest absolute Gasteiger partial charge is 0.317 e. The molecule has 8 heteroatoms. The number of likely N-dealkylation sites (tertiary alicyclic amines) is 1. The normalized spacial score (nSPS) is 18.0. The Hall–Kier alpha value is -2.24. The second-order valence-electron chi connectivity index (χ2n) is 5.52. The van der Waals surface area contributed by atoms with Crippen molar-refractivity contribution in [3.8, 4) is 6.07 Å². The van der Waals surface area contributed by atoms with E-state index >= 15 is 0 Å². The van der Waals surface area contributed by atoms with E-state index in [0.717, 1.165) is 32.5 Å². The molecular weight excluding hydrogens is 312 g/mol. The molecule has 0 spiro atoms. The van der Waals surface area contributed by atoms with Crippen LogP contribution in [0.5, 0.6) is 0 Å². The zero-order valence-corrected chi connectivity index (χ0v) is 13.5. The highest BCUT2D eigenvalue weighted by molar-refractivity contribution is 7.14. The molecule has 23 heavy (non-hydrogen) atoms. The number of aromatic nitrogens is 3. The van der Waals surface area contributed by atoms with Gasteiger partial charge in [0.25, 0.3) is 0 Å². The minimum atomic E-state index is -0.0460. The van der Waals surface area contributed by atoms with E-state index in [-0.39, 0.29) is 5.91 Å². The van der Waals surface area contributed by atoms with Gasteiger partial charge in [-0.3, -0.25) is 14.4 Å². The number of carbonyl (C=O) groups is 1. The Balaban J connectivity index is 1.49. The predicted octanol–water partition coefficient (Wildman–Crippen LogP) is 1.70. The molecule has 0 aliphatic carbocycles. The fourth-order valence-corrected chi connectivity index (χ4v) is 3.62. The van der Waals surface area contributed by atoms with Gasteiger partial charge in [0.1, 0.15) is 23.7 Å². The van der Waals surface area contributed by atoms with Gasteiger partial charge >= 0.3 is 0 Å². The lowest BCUT2D eigenvalue weighted by molar-refractivity contribution is -0.116. The monoisotopic (exact) mass is 330 g/mol. The predicted molar refractivity (Wildman–Crippen MR) is 86.9 cm³/mol. The van der Waals surface area contributed by atoms with Crippen LogP contribution in [0.4, 0.5) is 5.00 Å². The average Bonchev–Trinajstić information content (AvgIpc) is 3.28. The zero-order chi connectivity index (χ0) is 16.1. The van der Waals surface area contributed by atoms with Crippen LogP contribution >= 0.6 is 11.3 Å². The first kappa shape index (κ1) is 15.6. The molecule has 1 amide bonds. The summed E-state index contributed by atoms with van der Waals surface area (Å²) in [6, 6.07) is 4.20. The second kappa shape index (κ2) is 7.35. The summed E-state index contributed by atoms with van der Waals surface area (Å²) in [6.07, 6.45) is 5.95. The van der Waals surface area contributed by atoms with Gasteiger partial charge in [0.15, 0.2) is 0 Å². The van der Waals surface area contributed by atoms with Crippen molar-refractivity contribution >= 4 is 22.2 Å². The SMILES string of the molecule is N#Cc1ccsc1NC(=O)CCN1CCC[C@H]1Cn1cncn1. The number of nitrogens with zero attached hydrogens (tertiary/aromatic N) is 5. The molecule has 0 unspecified atom stereocenters. The van der Waals surface area contributed by atoms with Crippen molar-refractivity contribution in [2.75, 3.05) is 18.4 Å². The number of hydrogen-bond donors (Lipinski definition) is 1. The molecule has 3 heterocycles. The van der Waals surface area contributed by atoms with Gasteiger partial charge in [0, 0.05) is 19.0 Å². The van der Waals surface area contributed by atoms with Crippen molar-refractivity contribution in [3.63, 3.8) is 0 Å². The molecule has 2 aromatic rings. The number of nitriles is 1. The highest BCUT2D eigenvalue weighted by atomic mass is 32.1. The van der Waals surface area contributed by atoms with E-state index in [9.17, 15) is 4.79 Å². The molecule has 1 atom stereocenters. The van der Waals surface area contributed by atoms with Gasteiger partial charge in [-0.15, -0.1) is 11.3 Å². The van der Waals surface area contributed by atoms with E-state index in [4.69, 9.17) is 5.26 Å². The first-order chi connectivity index (χ1) is 11.3. The topological polar surface area (TPSA) is 86.8 Å². The smallest absolute Gasteiger partial charge is 0.226 e. The average molecular weight is 330 g/mol. The lowest BCUT2D eigenvalue weighted by Crippen LogP contribution is -2.35. The number of anilines is 1. The fourth-order valence-electron chi connectivity index (χ4n) is 2.87. The van der Waals surface area contributed by atoms with Crippen LogP contribution in [-0.4, -0.2) is 44.7 Å². The number of rotatable bonds is 6. The van der Waals surface area contributed by atoms with Gasteiger partial charge < -0.3 is 5.32 Å². The Kier molecular flexibility index (Phi) is 5.00. The standard InChI is InChI=1S/C15H18N6OS/c16-8-12-4-7-23-15(12)19-14(22)3-6-20-5-1-2-13(20)9-21-11-17-10-18-21/h4,7,10-11,13H,1-3,5-6,9H2,(H,19,22)/t13-/m0/s1. The molecule has 1 saturated heterocycles. The maximum Gasteiger partial charge on any atom is 0.226 e. The van der Waals surface area contributed by atoms with Gasteiger partial charge in [0.2, 0.25) is 5.91 Å². The van der Waals surface area contributed by atoms with Gasteiger partial charge in [0.05, 0.1) is 12.1 Å². The van der Waals surface area contributed by atoms with Crippen molar-refractivity contribution in [3.05, 3.63) is 29.7 Å². The molecule has 0 saturated carbocycles. The maximum atomic E-state index is 12.1. The molecule has 0 aromatic carbocycles. The molecule has 1 aliphatic rings. The summed E-state index contributed by atoms with van der Waals surface area (Å²) < 4.78 is 1.84. The third kappa shape index (κ3) is 3.94. The lowest BCUT2D eigenvalue weighted by Gasteiger charge is -2.23. The molecule has 1 N–H and O–H groups in total. The Bertz CT molecular complexity index is 689. The van der Waals surface area contributed by atoms with Crippen LogP contribution in [-0.2, 0) is 11.3 Å². The molecule has 3 rings (SSSR count). The van der Waals surface area contributed by atoms with E-state index in [0.29, 0.717) is 23.0 Å². The molecule has 0 radical (unpaired) electrons. The molecular formula is C15H18N6OS. The van der Waals surface area contributed by atoms with Crippen LogP contribution in [0.15, 0.2) is 24.1 Å². The first-order valence-electron chi connectivity index (χ1n) is 7.60. The fraction of sp³-hybridized carbons (Fsp3) is 0.467.